The molecule has 1 amide bonds. The second-order valence-corrected chi connectivity index (χ2v) is 9.64. The van der Waals surface area contributed by atoms with E-state index in [4.69, 9.17) is 20.9 Å². The van der Waals surface area contributed by atoms with Crippen molar-refractivity contribution < 1.29 is 14.1 Å². The highest BCUT2D eigenvalue weighted by atomic mass is 127. The Kier molecular flexibility index (Phi) is 7.22. The number of fused-ring (bicyclic) bond motifs is 1. The van der Waals surface area contributed by atoms with Crippen LogP contribution in [0.5, 0.6) is 5.75 Å². The summed E-state index contributed by atoms with van der Waals surface area (Å²) >= 11 is 9.47. The normalized spacial score (nSPS) is 12.0. The van der Waals surface area contributed by atoms with Gasteiger partial charge in [-0.15, -0.1) is 11.8 Å². The van der Waals surface area contributed by atoms with Gasteiger partial charge >= 0.3 is 0 Å². The van der Waals surface area contributed by atoms with Gasteiger partial charge in [0.25, 0.3) is 5.91 Å². The molecular formula is C23H19ClIN3O3S. The van der Waals surface area contributed by atoms with E-state index in [1.165, 1.54) is 11.8 Å². The summed E-state index contributed by atoms with van der Waals surface area (Å²) in [6.45, 7) is 2.18. The molecule has 0 saturated carbocycles. The Morgan fingerprint density at radius 3 is 2.78 bits per heavy atom. The fourth-order valence-electron chi connectivity index (χ4n) is 3.18. The molecule has 164 valence electrons. The lowest BCUT2D eigenvalue weighted by Gasteiger charge is -2.17. The third-order valence-corrected chi connectivity index (χ3v) is 6.30. The molecule has 2 heterocycles. The molecule has 0 saturated heterocycles. The standard InChI is InChI=1S/C23H19ClIN3O3S/c1-13-7-18(9-15-8-17(25)11-26-21(13)15)30-23(32-2)22(29)27-12-19-10-20(28-31-19)14-3-5-16(24)6-4-14/h3-11,23H,12H2,1-2H3,(H,27,29). The summed E-state index contributed by atoms with van der Waals surface area (Å²) in [5, 5.41) is 8.54. The Morgan fingerprint density at radius 2 is 2.03 bits per heavy atom. The third kappa shape index (κ3) is 5.36. The number of aryl methyl sites for hydroxylation is 1. The lowest BCUT2D eigenvalue weighted by Crippen LogP contribution is -2.35. The van der Waals surface area contributed by atoms with Crippen LogP contribution in [0.15, 0.2) is 59.3 Å². The maximum atomic E-state index is 12.7. The van der Waals surface area contributed by atoms with Crippen LogP contribution >= 0.6 is 46.0 Å². The summed E-state index contributed by atoms with van der Waals surface area (Å²) in [5.74, 6) is 0.920. The van der Waals surface area contributed by atoms with E-state index in [1.807, 2.05) is 49.7 Å². The first kappa shape index (κ1) is 22.9. The van der Waals surface area contributed by atoms with Crippen LogP contribution in [0.3, 0.4) is 0 Å². The van der Waals surface area contributed by atoms with Crippen molar-refractivity contribution in [2.45, 2.75) is 18.9 Å². The topological polar surface area (TPSA) is 77.2 Å². The number of nitrogens with one attached hydrogen (secondary N) is 1. The number of pyridine rings is 1. The fraction of sp³-hybridized carbons (Fsp3) is 0.174. The highest BCUT2D eigenvalue weighted by molar-refractivity contribution is 14.1. The minimum atomic E-state index is -0.707. The van der Waals surface area contributed by atoms with Crippen molar-refractivity contribution in [3.8, 4) is 17.0 Å². The summed E-state index contributed by atoms with van der Waals surface area (Å²) in [7, 11) is 0. The predicted molar refractivity (Wildman–Crippen MR) is 136 cm³/mol. The number of hydrogen-bond acceptors (Lipinski definition) is 6. The molecule has 4 aromatic rings. The zero-order valence-corrected chi connectivity index (χ0v) is 21.0. The molecule has 32 heavy (non-hydrogen) atoms. The van der Waals surface area contributed by atoms with Gasteiger partial charge in [-0.1, -0.05) is 28.9 Å². The second kappa shape index (κ2) is 10.1. The van der Waals surface area contributed by atoms with E-state index in [9.17, 15) is 4.79 Å². The molecule has 6 nitrogen and oxygen atoms in total. The maximum absolute atomic E-state index is 12.7. The number of nitrogens with zero attached hydrogens (tertiary/aromatic N) is 2. The van der Waals surface area contributed by atoms with Crippen molar-refractivity contribution >= 4 is 62.8 Å². The molecule has 0 spiro atoms. The lowest BCUT2D eigenvalue weighted by molar-refractivity contribution is -0.124. The van der Waals surface area contributed by atoms with Crippen LogP contribution in [-0.2, 0) is 11.3 Å². The summed E-state index contributed by atoms with van der Waals surface area (Å²) in [5.41, 5.74) is 2.77. The SMILES string of the molecule is CSC(Oc1cc(C)c2ncc(I)cc2c1)C(=O)NCc1cc(-c2ccc(Cl)cc2)no1. The fourth-order valence-corrected chi connectivity index (χ4v) is 4.29. The van der Waals surface area contributed by atoms with Gasteiger partial charge in [-0.05, 0) is 71.7 Å². The summed E-state index contributed by atoms with van der Waals surface area (Å²) < 4.78 is 12.4. The van der Waals surface area contributed by atoms with E-state index in [2.05, 4.69) is 38.0 Å². The van der Waals surface area contributed by atoms with Crippen molar-refractivity contribution in [1.29, 1.82) is 0 Å². The molecule has 1 unspecified atom stereocenters. The lowest BCUT2D eigenvalue weighted by atomic mass is 10.1. The summed E-state index contributed by atoms with van der Waals surface area (Å²) in [6.07, 6.45) is 3.66. The molecule has 1 N–H and O–H groups in total. The number of carbonyl (C=O) groups excluding carboxylic acids is 1. The van der Waals surface area contributed by atoms with E-state index < -0.39 is 5.44 Å². The first-order valence-corrected chi connectivity index (χ1v) is 12.4. The molecular weight excluding hydrogens is 561 g/mol. The van der Waals surface area contributed by atoms with E-state index in [0.717, 1.165) is 25.6 Å². The third-order valence-electron chi connectivity index (χ3n) is 4.72. The molecule has 0 aliphatic carbocycles. The van der Waals surface area contributed by atoms with Gasteiger partial charge in [0.2, 0.25) is 5.44 Å². The van der Waals surface area contributed by atoms with Crippen molar-refractivity contribution in [3.63, 3.8) is 0 Å². The van der Waals surface area contributed by atoms with Gasteiger partial charge in [0, 0.05) is 31.8 Å². The number of aromatic nitrogens is 2. The van der Waals surface area contributed by atoms with Crippen LogP contribution in [0, 0.1) is 10.5 Å². The average molecular weight is 580 g/mol. The first-order chi connectivity index (χ1) is 15.4. The average Bonchev–Trinajstić information content (AvgIpc) is 3.25. The smallest absolute Gasteiger partial charge is 0.272 e. The van der Waals surface area contributed by atoms with Crippen molar-refractivity contribution in [1.82, 2.24) is 15.5 Å². The minimum Gasteiger partial charge on any atom is -0.470 e. The van der Waals surface area contributed by atoms with E-state index in [1.54, 1.807) is 18.2 Å². The second-order valence-electron chi connectivity index (χ2n) is 7.05. The largest absolute Gasteiger partial charge is 0.470 e. The molecule has 0 aliphatic heterocycles. The Labute approximate surface area is 208 Å². The highest BCUT2D eigenvalue weighted by Crippen LogP contribution is 2.27. The number of thioether (sulfide) groups is 1. The number of carbonyl (C=O) groups is 1. The van der Waals surface area contributed by atoms with Gasteiger partial charge in [-0.2, -0.15) is 0 Å². The predicted octanol–water partition coefficient (Wildman–Crippen LogP) is 5.84. The first-order valence-electron chi connectivity index (χ1n) is 9.67. The molecule has 2 aromatic carbocycles. The zero-order chi connectivity index (χ0) is 22.7. The molecule has 0 aliphatic rings. The van der Waals surface area contributed by atoms with Crippen LogP contribution in [0.4, 0.5) is 0 Å². The number of benzene rings is 2. The number of halogens is 2. The number of ether oxygens (including phenoxy) is 1. The zero-order valence-electron chi connectivity index (χ0n) is 17.3. The number of rotatable bonds is 7. The Balaban J connectivity index is 1.41. The molecule has 0 bridgehead atoms. The van der Waals surface area contributed by atoms with E-state index in [-0.39, 0.29) is 12.5 Å². The number of amides is 1. The summed E-state index contributed by atoms with van der Waals surface area (Å²) in [4.78, 5) is 17.2. The van der Waals surface area contributed by atoms with Gasteiger partial charge in [0.1, 0.15) is 11.4 Å². The minimum absolute atomic E-state index is 0.207. The van der Waals surface area contributed by atoms with Gasteiger partial charge in [-0.3, -0.25) is 9.78 Å². The van der Waals surface area contributed by atoms with Crippen LogP contribution in [0.1, 0.15) is 11.3 Å². The van der Waals surface area contributed by atoms with Crippen molar-refractivity contribution in [2.75, 3.05) is 6.26 Å². The molecule has 0 fully saturated rings. The van der Waals surface area contributed by atoms with E-state index >= 15 is 0 Å². The molecule has 4 rings (SSSR count). The highest BCUT2D eigenvalue weighted by Gasteiger charge is 2.20. The monoisotopic (exact) mass is 579 g/mol. The van der Waals surface area contributed by atoms with Gasteiger partial charge < -0.3 is 14.6 Å². The van der Waals surface area contributed by atoms with Gasteiger partial charge in [-0.25, -0.2) is 0 Å². The van der Waals surface area contributed by atoms with Gasteiger partial charge in [0.05, 0.1) is 12.1 Å². The van der Waals surface area contributed by atoms with Crippen LogP contribution < -0.4 is 10.1 Å². The Hall–Kier alpha value is -2.30. The maximum Gasteiger partial charge on any atom is 0.272 e. The molecule has 9 heteroatoms. The van der Waals surface area contributed by atoms with E-state index in [0.29, 0.717) is 22.2 Å². The molecule has 0 radical (unpaired) electrons. The van der Waals surface area contributed by atoms with Crippen molar-refractivity contribution in [2.24, 2.45) is 0 Å². The van der Waals surface area contributed by atoms with Crippen molar-refractivity contribution in [3.05, 3.63) is 74.6 Å². The van der Waals surface area contributed by atoms with Gasteiger partial charge in [0.15, 0.2) is 5.76 Å². The van der Waals surface area contributed by atoms with Crippen LogP contribution in [-0.4, -0.2) is 27.7 Å². The van der Waals surface area contributed by atoms with Crippen LogP contribution in [0.25, 0.3) is 22.2 Å². The quantitative estimate of drug-likeness (QED) is 0.219. The molecule has 2 aromatic heterocycles. The number of hydrogen-bond donors (Lipinski definition) is 1. The van der Waals surface area contributed by atoms with Crippen LogP contribution in [0.2, 0.25) is 5.02 Å². The Morgan fingerprint density at radius 1 is 1.25 bits per heavy atom. The summed E-state index contributed by atoms with van der Waals surface area (Å²) in [6, 6.07) is 14.9. The Bertz CT molecular complexity index is 1260. The molecule has 1 atom stereocenters.